The molecule has 120 valence electrons. The Morgan fingerprint density at radius 3 is 2.24 bits per heavy atom. The topological polar surface area (TPSA) is 3.24 Å². The van der Waals surface area contributed by atoms with Crippen LogP contribution in [0.2, 0.25) is 0 Å². The molecule has 1 saturated heterocycles. The fourth-order valence-electron chi connectivity index (χ4n) is 5.52. The van der Waals surface area contributed by atoms with E-state index in [0.29, 0.717) is 36.3 Å². The number of rotatable bonds is 3. The summed E-state index contributed by atoms with van der Waals surface area (Å²) < 4.78 is 15.4. The maximum absolute atomic E-state index is 15.4. The lowest BCUT2D eigenvalue weighted by Gasteiger charge is -2.48. The van der Waals surface area contributed by atoms with Gasteiger partial charge >= 0.3 is 0 Å². The fourth-order valence-corrected chi connectivity index (χ4v) is 5.52. The van der Waals surface area contributed by atoms with E-state index < -0.39 is 6.17 Å². The standard InChI is InChI=1S/C19H32FN/c1-11(2)17-14-9-15(14)19(18(17)12(3)4)7-8-21(13(5)6)10-16(19)20/h11-16H,7-10H2,1-6H3/t14-,15+,16-,19+/m0/s1. The summed E-state index contributed by atoms with van der Waals surface area (Å²) in [7, 11) is 0. The van der Waals surface area contributed by atoms with Crippen LogP contribution in [0, 0.1) is 29.1 Å². The number of nitrogens with zero attached hydrogens (tertiary/aromatic N) is 1. The van der Waals surface area contributed by atoms with Crippen molar-refractivity contribution in [1.82, 2.24) is 4.90 Å². The fraction of sp³-hybridized carbons (Fsp3) is 0.895. The number of alkyl halides is 1. The molecule has 3 aliphatic rings. The molecule has 0 N–H and O–H groups in total. The Kier molecular flexibility index (Phi) is 3.75. The van der Waals surface area contributed by atoms with E-state index in [1.807, 2.05) is 0 Å². The average Bonchev–Trinajstić information content (AvgIpc) is 3.11. The first-order valence-electron chi connectivity index (χ1n) is 8.93. The molecule has 0 aromatic rings. The highest BCUT2D eigenvalue weighted by molar-refractivity contribution is 5.43. The molecular formula is C19H32FN. The number of piperidine rings is 1. The third-order valence-corrected chi connectivity index (χ3v) is 6.36. The molecule has 0 radical (unpaired) electrons. The molecule has 0 aromatic carbocycles. The molecule has 2 fully saturated rings. The largest absolute Gasteiger partial charge is 0.298 e. The number of hydrogen-bond donors (Lipinski definition) is 0. The Bertz CT molecular complexity index is 450. The molecule has 1 aliphatic heterocycles. The number of halogens is 1. The molecule has 0 aromatic heterocycles. The molecule has 0 amide bonds. The predicted molar refractivity (Wildman–Crippen MR) is 87.0 cm³/mol. The Morgan fingerprint density at radius 2 is 1.76 bits per heavy atom. The third kappa shape index (κ3) is 2.12. The molecule has 0 bridgehead atoms. The number of hydrogen-bond acceptors (Lipinski definition) is 1. The van der Waals surface area contributed by atoms with Crippen molar-refractivity contribution in [1.29, 1.82) is 0 Å². The zero-order valence-corrected chi connectivity index (χ0v) is 14.6. The number of fused-ring (bicyclic) bond motifs is 2. The number of allylic oxidation sites excluding steroid dienone is 2. The highest BCUT2D eigenvalue weighted by Crippen LogP contribution is 2.71. The van der Waals surface area contributed by atoms with E-state index in [-0.39, 0.29) is 5.41 Å². The zero-order chi connectivity index (χ0) is 15.5. The third-order valence-electron chi connectivity index (χ3n) is 6.36. The Morgan fingerprint density at radius 1 is 1.10 bits per heavy atom. The van der Waals surface area contributed by atoms with Gasteiger partial charge in [0, 0.05) is 18.0 Å². The molecule has 0 unspecified atom stereocenters. The summed E-state index contributed by atoms with van der Waals surface area (Å²) >= 11 is 0. The summed E-state index contributed by atoms with van der Waals surface area (Å²) in [4.78, 5) is 2.33. The molecule has 1 nitrogen and oxygen atoms in total. The van der Waals surface area contributed by atoms with Crippen LogP contribution >= 0.6 is 0 Å². The normalized spacial score (nSPS) is 40.0. The van der Waals surface area contributed by atoms with E-state index in [1.165, 1.54) is 12.0 Å². The van der Waals surface area contributed by atoms with E-state index >= 15 is 4.39 Å². The summed E-state index contributed by atoms with van der Waals surface area (Å²) in [5.41, 5.74) is 3.05. The van der Waals surface area contributed by atoms with Crippen LogP contribution in [-0.2, 0) is 0 Å². The van der Waals surface area contributed by atoms with Crippen LogP contribution in [0.25, 0.3) is 0 Å². The van der Waals surface area contributed by atoms with Crippen molar-refractivity contribution in [2.24, 2.45) is 29.1 Å². The van der Waals surface area contributed by atoms with Crippen molar-refractivity contribution in [2.75, 3.05) is 13.1 Å². The van der Waals surface area contributed by atoms with E-state index in [0.717, 1.165) is 13.0 Å². The van der Waals surface area contributed by atoms with E-state index in [2.05, 4.69) is 46.4 Å². The van der Waals surface area contributed by atoms with Gasteiger partial charge in [0.2, 0.25) is 0 Å². The van der Waals surface area contributed by atoms with Gasteiger partial charge in [-0.15, -0.1) is 0 Å². The van der Waals surface area contributed by atoms with Crippen LogP contribution in [0.5, 0.6) is 0 Å². The van der Waals surface area contributed by atoms with Crippen molar-refractivity contribution < 1.29 is 4.39 Å². The summed E-state index contributed by atoms with van der Waals surface area (Å²) in [5.74, 6) is 2.43. The van der Waals surface area contributed by atoms with Crippen LogP contribution in [0.15, 0.2) is 11.1 Å². The van der Waals surface area contributed by atoms with E-state index in [1.54, 1.807) is 5.57 Å². The Labute approximate surface area is 130 Å². The summed E-state index contributed by atoms with van der Waals surface area (Å²) in [6.45, 7) is 15.3. The van der Waals surface area contributed by atoms with E-state index in [9.17, 15) is 0 Å². The lowest BCUT2D eigenvalue weighted by atomic mass is 9.65. The second-order valence-corrected chi connectivity index (χ2v) is 8.47. The van der Waals surface area contributed by atoms with Gasteiger partial charge in [-0.05, 0) is 56.9 Å². The lowest BCUT2D eigenvalue weighted by Crippen LogP contribution is -2.53. The molecule has 4 atom stereocenters. The first-order chi connectivity index (χ1) is 9.80. The lowest BCUT2D eigenvalue weighted by molar-refractivity contribution is 0.00184. The quantitative estimate of drug-likeness (QED) is 0.683. The molecule has 1 spiro atoms. The van der Waals surface area contributed by atoms with Gasteiger partial charge in [-0.25, -0.2) is 4.39 Å². The molecule has 1 heterocycles. The van der Waals surface area contributed by atoms with Gasteiger partial charge in [-0.3, -0.25) is 4.90 Å². The second-order valence-electron chi connectivity index (χ2n) is 8.47. The monoisotopic (exact) mass is 293 g/mol. The minimum absolute atomic E-state index is 0.107. The van der Waals surface area contributed by atoms with Crippen molar-refractivity contribution in [3.05, 3.63) is 11.1 Å². The van der Waals surface area contributed by atoms with Gasteiger partial charge in [-0.1, -0.05) is 38.8 Å². The van der Waals surface area contributed by atoms with Crippen molar-refractivity contribution in [3.8, 4) is 0 Å². The van der Waals surface area contributed by atoms with Crippen molar-refractivity contribution >= 4 is 0 Å². The maximum atomic E-state index is 15.4. The maximum Gasteiger partial charge on any atom is 0.122 e. The number of likely N-dealkylation sites (tertiary alicyclic amines) is 1. The Hall–Kier alpha value is -0.370. The van der Waals surface area contributed by atoms with Gasteiger partial charge in [0.25, 0.3) is 0 Å². The van der Waals surface area contributed by atoms with E-state index in [4.69, 9.17) is 0 Å². The summed E-state index contributed by atoms with van der Waals surface area (Å²) in [5, 5.41) is 0. The van der Waals surface area contributed by atoms with Crippen LogP contribution < -0.4 is 0 Å². The predicted octanol–water partition coefficient (Wildman–Crippen LogP) is 4.68. The highest BCUT2D eigenvalue weighted by atomic mass is 19.1. The minimum Gasteiger partial charge on any atom is -0.298 e. The SMILES string of the molecule is CC(C)C1=C(C(C)C)[C@]2(CCN(C(C)C)C[C@@H]2F)[C@@H]2C[C@H]12. The Balaban J connectivity index is 1.98. The molecule has 3 rings (SSSR count). The van der Waals surface area contributed by atoms with Gasteiger partial charge in [-0.2, -0.15) is 0 Å². The van der Waals surface area contributed by atoms with Gasteiger partial charge < -0.3 is 0 Å². The van der Waals surface area contributed by atoms with Crippen molar-refractivity contribution in [2.45, 2.75) is 66.6 Å². The second kappa shape index (κ2) is 5.08. The molecule has 2 heteroatoms. The molecular weight excluding hydrogens is 261 g/mol. The summed E-state index contributed by atoms with van der Waals surface area (Å²) in [6.07, 6.45) is 1.63. The van der Waals surface area contributed by atoms with Crippen LogP contribution in [-0.4, -0.2) is 30.2 Å². The van der Waals surface area contributed by atoms with Gasteiger partial charge in [0.05, 0.1) is 0 Å². The first-order valence-corrected chi connectivity index (χ1v) is 8.93. The van der Waals surface area contributed by atoms with Gasteiger partial charge in [0.1, 0.15) is 6.17 Å². The average molecular weight is 293 g/mol. The molecule has 1 saturated carbocycles. The minimum atomic E-state index is -0.669. The van der Waals surface area contributed by atoms with Crippen molar-refractivity contribution in [3.63, 3.8) is 0 Å². The summed E-state index contributed by atoms with van der Waals surface area (Å²) in [6, 6.07) is 0.466. The van der Waals surface area contributed by atoms with Crippen LogP contribution in [0.4, 0.5) is 4.39 Å². The molecule has 2 aliphatic carbocycles. The zero-order valence-electron chi connectivity index (χ0n) is 14.6. The highest BCUT2D eigenvalue weighted by Gasteiger charge is 2.66. The van der Waals surface area contributed by atoms with Gasteiger partial charge in [0.15, 0.2) is 0 Å². The smallest absolute Gasteiger partial charge is 0.122 e. The van der Waals surface area contributed by atoms with Crippen LogP contribution in [0.3, 0.4) is 0 Å². The van der Waals surface area contributed by atoms with Crippen LogP contribution in [0.1, 0.15) is 54.4 Å². The molecule has 21 heavy (non-hydrogen) atoms. The first kappa shape index (κ1) is 15.5.